The van der Waals surface area contributed by atoms with Crippen molar-refractivity contribution in [3.63, 3.8) is 0 Å². The second-order valence-corrected chi connectivity index (χ2v) is 6.27. The van der Waals surface area contributed by atoms with Crippen LogP contribution in [-0.4, -0.2) is 71.1 Å². The van der Waals surface area contributed by atoms with E-state index in [9.17, 15) is 19.8 Å². The van der Waals surface area contributed by atoms with Gasteiger partial charge in [0.2, 0.25) is 0 Å². The molecular formula is C18H22N2O5. The van der Waals surface area contributed by atoms with Gasteiger partial charge in [-0.2, -0.15) is 0 Å². The molecule has 0 spiro atoms. The summed E-state index contributed by atoms with van der Waals surface area (Å²) in [7, 11) is 0. The van der Waals surface area contributed by atoms with Crippen molar-refractivity contribution in [3.05, 3.63) is 41.2 Å². The molecule has 3 rings (SSSR count). The van der Waals surface area contributed by atoms with Crippen LogP contribution in [-0.2, 0) is 14.3 Å². The van der Waals surface area contributed by atoms with E-state index in [4.69, 9.17) is 4.74 Å². The summed E-state index contributed by atoms with van der Waals surface area (Å²) in [6, 6.07) is 5.71. The number of nitrogens with zero attached hydrogens (tertiary/aromatic N) is 2. The van der Waals surface area contributed by atoms with Crippen molar-refractivity contribution in [1.29, 1.82) is 0 Å². The number of ether oxygens (including phenoxy) is 1. The number of benzene rings is 1. The maximum absolute atomic E-state index is 12.5. The maximum atomic E-state index is 12.5. The molecule has 1 aromatic carbocycles. The minimum absolute atomic E-state index is 0.102. The van der Waals surface area contributed by atoms with E-state index in [0.717, 1.165) is 13.1 Å². The van der Waals surface area contributed by atoms with E-state index in [1.54, 1.807) is 12.1 Å². The summed E-state index contributed by atoms with van der Waals surface area (Å²) in [6.07, 6.45) is 0. The standard InChI is InChI=1S/C18H22N2O5/c1-12(21)15-16(13-2-4-14(22)5-3-13)20(18(24)17(15)23)7-6-19-8-10-25-11-9-19/h2-5,16,22-23H,6-11H2,1H3. The summed E-state index contributed by atoms with van der Waals surface area (Å²) in [4.78, 5) is 28.3. The first-order valence-corrected chi connectivity index (χ1v) is 8.33. The first-order valence-electron chi connectivity index (χ1n) is 8.33. The minimum atomic E-state index is -0.633. The number of rotatable bonds is 5. The second-order valence-electron chi connectivity index (χ2n) is 6.27. The zero-order chi connectivity index (χ0) is 18.0. The Hall–Kier alpha value is -2.38. The first-order chi connectivity index (χ1) is 12.0. The molecule has 1 unspecified atom stereocenters. The lowest BCUT2D eigenvalue weighted by Crippen LogP contribution is -2.43. The minimum Gasteiger partial charge on any atom is -0.508 e. The zero-order valence-electron chi connectivity index (χ0n) is 14.1. The van der Waals surface area contributed by atoms with Gasteiger partial charge in [0.1, 0.15) is 5.75 Å². The Kier molecular flexibility index (Phi) is 5.06. The fraction of sp³-hybridized carbons (Fsp3) is 0.444. The highest BCUT2D eigenvalue weighted by molar-refractivity contribution is 6.08. The number of Topliss-reactive ketones (excluding diaryl/α,β-unsaturated/α-hetero) is 1. The van der Waals surface area contributed by atoms with Crippen molar-refractivity contribution in [2.24, 2.45) is 0 Å². The Morgan fingerprint density at radius 3 is 2.40 bits per heavy atom. The van der Waals surface area contributed by atoms with E-state index in [1.165, 1.54) is 24.0 Å². The van der Waals surface area contributed by atoms with Crippen molar-refractivity contribution in [2.45, 2.75) is 13.0 Å². The number of ketones is 1. The van der Waals surface area contributed by atoms with Gasteiger partial charge in [0.15, 0.2) is 11.5 Å². The first kappa shape index (κ1) is 17.4. The molecule has 0 radical (unpaired) electrons. The van der Waals surface area contributed by atoms with Crippen molar-refractivity contribution in [3.8, 4) is 5.75 Å². The largest absolute Gasteiger partial charge is 0.508 e. The van der Waals surface area contributed by atoms with Gasteiger partial charge in [0.05, 0.1) is 24.8 Å². The van der Waals surface area contributed by atoms with Gasteiger partial charge < -0.3 is 19.8 Å². The molecule has 0 aliphatic carbocycles. The van der Waals surface area contributed by atoms with Gasteiger partial charge >= 0.3 is 0 Å². The van der Waals surface area contributed by atoms with E-state index in [1.807, 2.05) is 0 Å². The van der Waals surface area contributed by atoms with Gasteiger partial charge in [-0.05, 0) is 24.6 Å². The van der Waals surface area contributed by atoms with Gasteiger partial charge in [-0.3, -0.25) is 14.5 Å². The number of aliphatic hydroxyl groups excluding tert-OH is 1. The molecule has 1 fully saturated rings. The molecule has 1 amide bonds. The number of aliphatic hydroxyl groups is 1. The van der Waals surface area contributed by atoms with Crippen LogP contribution in [0.3, 0.4) is 0 Å². The predicted molar refractivity (Wildman–Crippen MR) is 90.2 cm³/mol. The molecule has 1 atom stereocenters. The van der Waals surface area contributed by atoms with E-state index in [-0.39, 0.29) is 17.1 Å². The lowest BCUT2D eigenvalue weighted by molar-refractivity contribution is -0.129. The molecule has 2 N–H and O–H groups in total. The molecule has 7 heteroatoms. The molecule has 1 saturated heterocycles. The number of amides is 1. The van der Waals surface area contributed by atoms with Crippen LogP contribution in [0.1, 0.15) is 18.5 Å². The van der Waals surface area contributed by atoms with Gasteiger partial charge in [0.25, 0.3) is 5.91 Å². The summed E-state index contributed by atoms with van der Waals surface area (Å²) < 4.78 is 5.32. The molecule has 0 saturated carbocycles. The molecule has 1 aromatic rings. The summed E-state index contributed by atoms with van der Waals surface area (Å²) in [5, 5.41) is 19.7. The van der Waals surface area contributed by atoms with Crippen molar-refractivity contribution in [1.82, 2.24) is 9.80 Å². The van der Waals surface area contributed by atoms with Crippen LogP contribution in [0.2, 0.25) is 0 Å². The van der Waals surface area contributed by atoms with Crippen LogP contribution in [0, 0.1) is 0 Å². The molecule has 7 nitrogen and oxygen atoms in total. The number of carbonyl (C=O) groups is 2. The SMILES string of the molecule is CC(=O)C1=C(O)C(=O)N(CCN2CCOCC2)C1c1ccc(O)cc1. The van der Waals surface area contributed by atoms with Gasteiger partial charge in [0, 0.05) is 26.2 Å². The Labute approximate surface area is 146 Å². The van der Waals surface area contributed by atoms with E-state index >= 15 is 0 Å². The lowest BCUT2D eigenvalue weighted by atomic mass is 9.96. The number of hydrogen-bond donors (Lipinski definition) is 2. The summed E-state index contributed by atoms with van der Waals surface area (Å²) in [5.74, 6) is -1.24. The fourth-order valence-electron chi connectivity index (χ4n) is 3.32. The third kappa shape index (κ3) is 3.52. The Morgan fingerprint density at radius 2 is 1.80 bits per heavy atom. The summed E-state index contributed by atoms with van der Waals surface area (Å²) in [6.45, 7) is 5.30. The highest BCUT2D eigenvalue weighted by Crippen LogP contribution is 2.37. The number of carbonyl (C=O) groups excluding carboxylic acids is 2. The van der Waals surface area contributed by atoms with E-state index in [2.05, 4.69) is 4.90 Å². The predicted octanol–water partition coefficient (Wildman–Crippen LogP) is 1.01. The third-order valence-electron chi connectivity index (χ3n) is 4.65. The molecular weight excluding hydrogens is 324 g/mol. The highest BCUT2D eigenvalue weighted by Gasteiger charge is 2.42. The number of hydrogen-bond acceptors (Lipinski definition) is 6. The monoisotopic (exact) mass is 346 g/mol. The number of morpholine rings is 1. The fourth-order valence-corrected chi connectivity index (χ4v) is 3.32. The smallest absolute Gasteiger partial charge is 0.290 e. The Bertz CT molecular complexity index is 692. The second kappa shape index (κ2) is 7.25. The van der Waals surface area contributed by atoms with Crippen LogP contribution in [0.25, 0.3) is 0 Å². The molecule has 134 valence electrons. The van der Waals surface area contributed by atoms with Crippen LogP contribution < -0.4 is 0 Å². The molecule has 0 bridgehead atoms. The Morgan fingerprint density at radius 1 is 1.16 bits per heavy atom. The number of phenols is 1. The average Bonchev–Trinajstić information content (AvgIpc) is 2.86. The highest BCUT2D eigenvalue weighted by atomic mass is 16.5. The van der Waals surface area contributed by atoms with E-state index in [0.29, 0.717) is 31.9 Å². The van der Waals surface area contributed by atoms with Crippen molar-refractivity contribution >= 4 is 11.7 Å². The summed E-state index contributed by atoms with van der Waals surface area (Å²) in [5.41, 5.74) is 0.792. The van der Waals surface area contributed by atoms with Gasteiger partial charge in [-0.15, -0.1) is 0 Å². The van der Waals surface area contributed by atoms with Crippen LogP contribution in [0.15, 0.2) is 35.6 Å². The molecule has 2 aliphatic rings. The third-order valence-corrected chi connectivity index (χ3v) is 4.65. The van der Waals surface area contributed by atoms with Crippen LogP contribution >= 0.6 is 0 Å². The molecule has 2 aliphatic heterocycles. The van der Waals surface area contributed by atoms with E-state index < -0.39 is 17.7 Å². The number of aromatic hydroxyl groups is 1. The number of phenolic OH excluding ortho intramolecular Hbond substituents is 1. The van der Waals surface area contributed by atoms with Crippen LogP contribution in [0.5, 0.6) is 5.75 Å². The van der Waals surface area contributed by atoms with Crippen molar-refractivity contribution in [2.75, 3.05) is 39.4 Å². The van der Waals surface area contributed by atoms with Crippen molar-refractivity contribution < 1.29 is 24.5 Å². The van der Waals surface area contributed by atoms with Crippen LogP contribution in [0.4, 0.5) is 0 Å². The molecule has 25 heavy (non-hydrogen) atoms. The zero-order valence-corrected chi connectivity index (χ0v) is 14.1. The van der Waals surface area contributed by atoms with Gasteiger partial charge in [-0.25, -0.2) is 0 Å². The average molecular weight is 346 g/mol. The van der Waals surface area contributed by atoms with Gasteiger partial charge in [-0.1, -0.05) is 12.1 Å². The quantitative estimate of drug-likeness (QED) is 0.827. The topological polar surface area (TPSA) is 90.3 Å². The summed E-state index contributed by atoms with van der Waals surface area (Å²) >= 11 is 0. The lowest BCUT2D eigenvalue weighted by Gasteiger charge is -2.31. The molecule has 2 heterocycles. The Balaban J connectivity index is 1.85. The normalized spacial score (nSPS) is 21.9. The maximum Gasteiger partial charge on any atom is 0.290 e. The molecule has 0 aromatic heterocycles.